The summed E-state index contributed by atoms with van der Waals surface area (Å²) in [6.07, 6.45) is 1.50. The van der Waals surface area contributed by atoms with Crippen LogP contribution in [0.25, 0.3) is 16.5 Å². The molecule has 172 valence electrons. The van der Waals surface area contributed by atoms with Gasteiger partial charge in [-0.05, 0) is 36.4 Å². The van der Waals surface area contributed by atoms with Crippen LogP contribution in [0, 0.1) is 0 Å². The van der Waals surface area contributed by atoms with Crippen LogP contribution in [0.5, 0.6) is 11.6 Å². The molecule has 7 nitrogen and oxygen atoms in total. The van der Waals surface area contributed by atoms with E-state index in [9.17, 15) is 15.0 Å². The van der Waals surface area contributed by atoms with Crippen LogP contribution in [0.1, 0.15) is 5.56 Å². The molecule has 8 heteroatoms. The standard InChI is InChI=1S/C26H22ClN3O4/c27-17-8-9-23(29-10-12-34-13-11-29)24(14-17)30-25(32)21-7-2-1-6-20(21)22(26(30)33)16-28-18-4-3-5-19(31)15-18/h1-9,14-16,31,33H,10-13H2. The minimum Gasteiger partial charge on any atom is -0.508 e. The predicted molar refractivity (Wildman–Crippen MR) is 135 cm³/mol. The Bertz CT molecular complexity index is 1460. The monoisotopic (exact) mass is 475 g/mol. The van der Waals surface area contributed by atoms with E-state index in [2.05, 4.69) is 9.89 Å². The average molecular weight is 476 g/mol. The first-order valence-electron chi connectivity index (χ1n) is 10.9. The molecule has 34 heavy (non-hydrogen) atoms. The van der Waals surface area contributed by atoms with Crippen LogP contribution in [0.15, 0.2) is 76.5 Å². The molecule has 0 amide bonds. The topological polar surface area (TPSA) is 87.3 Å². The van der Waals surface area contributed by atoms with Crippen molar-refractivity contribution in [1.29, 1.82) is 0 Å². The first kappa shape index (κ1) is 22.0. The van der Waals surface area contributed by atoms with E-state index in [1.807, 2.05) is 6.07 Å². The second kappa shape index (κ2) is 9.21. The van der Waals surface area contributed by atoms with Gasteiger partial charge in [0.2, 0.25) is 5.88 Å². The lowest BCUT2D eigenvalue weighted by atomic mass is 10.1. The van der Waals surface area contributed by atoms with Crippen LogP contribution >= 0.6 is 11.6 Å². The third-order valence-electron chi connectivity index (χ3n) is 5.81. The molecule has 0 spiro atoms. The highest BCUT2D eigenvalue weighted by atomic mass is 35.5. The summed E-state index contributed by atoms with van der Waals surface area (Å²) in [5.74, 6) is -0.160. The lowest BCUT2D eigenvalue weighted by Gasteiger charge is -2.31. The summed E-state index contributed by atoms with van der Waals surface area (Å²) < 4.78 is 6.76. The number of ether oxygens (including phenoxy) is 1. The molecule has 0 radical (unpaired) electrons. The number of benzene rings is 3. The molecule has 1 saturated heterocycles. The van der Waals surface area contributed by atoms with E-state index in [-0.39, 0.29) is 17.2 Å². The van der Waals surface area contributed by atoms with Crippen LogP contribution < -0.4 is 10.5 Å². The van der Waals surface area contributed by atoms with Crippen LogP contribution in [-0.2, 0) is 4.74 Å². The van der Waals surface area contributed by atoms with Gasteiger partial charge in [0, 0.05) is 41.2 Å². The lowest BCUT2D eigenvalue weighted by Crippen LogP contribution is -2.37. The minimum absolute atomic E-state index is 0.0859. The summed E-state index contributed by atoms with van der Waals surface area (Å²) in [6.45, 7) is 2.46. The Morgan fingerprint density at radius 1 is 0.912 bits per heavy atom. The van der Waals surface area contributed by atoms with Gasteiger partial charge < -0.3 is 19.8 Å². The Kier molecular flexibility index (Phi) is 5.96. The highest BCUT2D eigenvalue weighted by Crippen LogP contribution is 2.33. The first-order chi connectivity index (χ1) is 16.5. The van der Waals surface area contributed by atoms with Crippen molar-refractivity contribution in [2.45, 2.75) is 0 Å². The van der Waals surface area contributed by atoms with Crippen LogP contribution in [0.4, 0.5) is 11.4 Å². The minimum atomic E-state index is -0.362. The molecule has 4 aromatic rings. The Labute approximate surface area is 200 Å². The van der Waals surface area contributed by atoms with Crippen molar-refractivity contribution in [2.24, 2.45) is 4.99 Å². The maximum Gasteiger partial charge on any atom is 0.265 e. The summed E-state index contributed by atoms with van der Waals surface area (Å²) in [7, 11) is 0. The smallest absolute Gasteiger partial charge is 0.265 e. The van der Waals surface area contributed by atoms with Gasteiger partial charge in [0.25, 0.3) is 5.56 Å². The average Bonchev–Trinajstić information content (AvgIpc) is 2.85. The number of anilines is 1. The summed E-state index contributed by atoms with van der Waals surface area (Å²) in [6, 6.07) is 18.9. The maximum absolute atomic E-state index is 13.6. The number of hydrogen-bond donors (Lipinski definition) is 2. The molecule has 0 unspecified atom stereocenters. The van der Waals surface area contributed by atoms with Gasteiger partial charge in [0.15, 0.2) is 0 Å². The van der Waals surface area contributed by atoms with Gasteiger partial charge in [-0.15, -0.1) is 0 Å². The molecule has 0 atom stereocenters. The number of phenolic OH excluding ortho intramolecular Hbond substituents is 1. The molecule has 3 aromatic carbocycles. The van der Waals surface area contributed by atoms with E-state index in [0.29, 0.717) is 59.0 Å². The molecule has 1 aliphatic rings. The molecular weight excluding hydrogens is 454 g/mol. The van der Waals surface area contributed by atoms with Gasteiger partial charge >= 0.3 is 0 Å². The number of aliphatic imine (C=N–C) groups is 1. The quantitative estimate of drug-likeness (QED) is 0.420. The van der Waals surface area contributed by atoms with E-state index < -0.39 is 0 Å². The van der Waals surface area contributed by atoms with E-state index in [1.165, 1.54) is 16.8 Å². The normalized spacial score (nSPS) is 14.2. The zero-order valence-corrected chi connectivity index (χ0v) is 18.9. The number of fused-ring (bicyclic) bond motifs is 1. The Morgan fingerprint density at radius 2 is 1.68 bits per heavy atom. The Hall–Kier alpha value is -3.81. The van der Waals surface area contributed by atoms with Crippen LogP contribution in [0.3, 0.4) is 0 Å². The third kappa shape index (κ3) is 4.11. The number of halogens is 1. The lowest BCUT2D eigenvalue weighted by molar-refractivity contribution is 0.122. The number of aromatic nitrogens is 1. The van der Waals surface area contributed by atoms with Gasteiger partial charge in [-0.25, -0.2) is 4.57 Å². The third-order valence-corrected chi connectivity index (χ3v) is 6.04. The van der Waals surface area contributed by atoms with Crippen molar-refractivity contribution < 1.29 is 14.9 Å². The Balaban J connectivity index is 1.75. The summed E-state index contributed by atoms with van der Waals surface area (Å²) >= 11 is 6.33. The SMILES string of the molecule is O=c1c2ccccc2c(C=Nc2cccc(O)c2)c(O)n1-c1cc(Cl)ccc1N1CCOCC1. The molecule has 1 aliphatic heterocycles. The van der Waals surface area contributed by atoms with E-state index in [4.69, 9.17) is 16.3 Å². The van der Waals surface area contributed by atoms with E-state index in [0.717, 1.165) is 5.69 Å². The summed E-state index contributed by atoms with van der Waals surface area (Å²) in [5, 5.41) is 22.6. The van der Waals surface area contributed by atoms with Gasteiger partial charge in [0.1, 0.15) is 5.75 Å². The van der Waals surface area contributed by atoms with Crippen molar-refractivity contribution in [3.05, 3.63) is 87.7 Å². The molecular formula is C26H22ClN3O4. The molecule has 2 N–H and O–H groups in total. The number of rotatable bonds is 4. The van der Waals surface area contributed by atoms with Crippen molar-refractivity contribution in [2.75, 3.05) is 31.2 Å². The van der Waals surface area contributed by atoms with Crippen molar-refractivity contribution >= 4 is 40.0 Å². The molecule has 0 aliphatic carbocycles. The summed E-state index contributed by atoms with van der Waals surface area (Å²) in [5.41, 5.74) is 1.79. The Morgan fingerprint density at radius 3 is 2.44 bits per heavy atom. The number of phenols is 1. The van der Waals surface area contributed by atoms with Gasteiger partial charge in [0.05, 0.1) is 35.8 Å². The van der Waals surface area contributed by atoms with Crippen LogP contribution in [-0.4, -0.2) is 47.3 Å². The molecule has 2 heterocycles. The number of morpholine rings is 1. The first-order valence-corrected chi connectivity index (χ1v) is 11.2. The fourth-order valence-electron chi connectivity index (χ4n) is 4.17. The van der Waals surface area contributed by atoms with E-state index in [1.54, 1.807) is 54.6 Å². The number of nitrogens with zero attached hydrogens (tertiary/aromatic N) is 3. The molecule has 1 aromatic heterocycles. The van der Waals surface area contributed by atoms with Gasteiger partial charge in [-0.2, -0.15) is 0 Å². The van der Waals surface area contributed by atoms with Crippen molar-refractivity contribution in [1.82, 2.24) is 4.57 Å². The second-order valence-corrected chi connectivity index (χ2v) is 8.37. The molecule has 0 saturated carbocycles. The zero-order chi connectivity index (χ0) is 23.7. The molecule has 5 rings (SSSR count). The highest BCUT2D eigenvalue weighted by Gasteiger charge is 2.22. The fourth-order valence-corrected chi connectivity index (χ4v) is 4.34. The number of aromatic hydroxyl groups is 2. The van der Waals surface area contributed by atoms with Crippen molar-refractivity contribution in [3.8, 4) is 17.3 Å². The molecule has 1 fully saturated rings. The zero-order valence-electron chi connectivity index (χ0n) is 18.2. The molecule has 0 bridgehead atoms. The van der Waals surface area contributed by atoms with E-state index >= 15 is 0 Å². The summed E-state index contributed by atoms with van der Waals surface area (Å²) in [4.78, 5) is 20.1. The predicted octanol–water partition coefficient (Wildman–Crippen LogP) is 4.64. The van der Waals surface area contributed by atoms with Gasteiger partial charge in [-0.3, -0.25) is 9.79 Å². The maximum atomic E-state index is 13.6. The van der Waals surface area contributed by atoms with Crippen molar-refractivity contribution in [3.63, 3.8) is 0 Å². The van der Waals surface area contributed by atoms with Gasteiger partial charge in [-0.1, -0.05) is 35.9 Å². The number of hydrogen-bond acceptors (Lipinski definition) is 6. The highest BCUT2D eigenvalue weighted by molar-refractivity contribution is 6.30. The fraction of sp³-hybridized carbons (Fsp3) is 0.154. The second-order valence-electron chi connectivity index (χ2n) is 7.93. The largest absolute Gasteiger partial charge is 0.508 e. The number of pyridine rings is 1. The van der Waals surface area contributed by atoms with Crippen LogP contribution in [0.2, 0.25) is 5.02 Å².